The zero-order valence-electron chi connectivity index (χ0n) is 54.2. The summed E-state index contributed by atoms with van der Waals surface area (Å²) in [5, 5.41) is 0. The van der Waals surface area contributed by atoms with Crippen LogP contribution in [0, 0.1) is 0 Å². The summed E-state index contributed by atoms with van der Waals surface area (Å²) >= 11 is 0. The lowest BCUT2D eigenvalue weighted by Crippen LogP contribution is -2.30. The minimum absolute atomic E-state index is 0.0838. The van der Waals surface area contributed by atoms with Crippen LogP contribution in [0.5, 0.6) is 0 Å². The van der Waals surface area contributed by atoms with Crippen LogP contribution >= 0.6 is 0 Å². The number of unbranched alkanes of at least 4 members (excludes halogenated alkanes) is 37. The van der Waals surface area contributed by atoms with Crippen molar-refractivity contribution < 1.29 is 28.6 Å². The molecule has 0 aliphatic heterocycles. The first kappa shape index (κ1) is 78.3. The smallest absolute Gasteiger partial charge is 0.306 e. The molecule has 0 aromatic heterocycles. The molecule has 0 aliphatic carbocycles. The summed E-state index contributed by atoms with van der Waals surface area (Å²) in [5.74, 6) is -0.889. The van der Waals surface area contributed by atoms with Gasteiger partial charge in [0.25, 0.3) is 0 Å². The van der Waals surface area contributed by atoms with Gasteiger partial charge in [-0.1, -0.05) is 304 Å². The number of allylic oxidation sites excluding steroid dienone is 16. The van der Waals surface area contributed by atoms with E-state index in [1.54, 1.807) is 0 Å². The van der Waals surface area contributed by atoms with E-state index in [-0.39, 0.29) is 31.1 Å². The van der Waals surface area contributed by atoms with Crippen molar-refractivity contribution in [2.45, 2.75) is 354 Å². The van der Waals surface area contributed by atoms with Crippen LogP contribution in [0.1, 0.15) is 348 Å². The number of ether oxygens (including phenoxy) is 3. The number of carbonyl (C=O) groups excluding carboxylic acids is 3. The quantitative estimate of drug-likeness (QED) is 0.0261. The molecule has 472 valence electrons. The third-order valence-corrected chi connectivity index (χ3v) is 15.3. The number of rotatable bonds is 64. The number of esters is 3. The molecule has 1 atom stereocenters. The topological polar surface area (TPSA) is 78.9 Å². The molecule has 0 fully saturated rings. The Morgan fingerprint density at radius 3 is 0.756 bits per heavy atom. The van der Waals surface area contributed by atoms with Crippen LogP contribution in [0.3, 0.4) is 0 Å². The second-order valence-corrected chi connectivity index (χ2v) is 23.4. The van der Waals surface area contributed by atoms with Gasteiger partial charge in [0.1, 0.15) is 13.2 Å². The summed E-state index contributed by atoms with van der Waals surface area (Å²) < 4.78 is 17.0. The van der Waals surface area contributed by atoms with Gasteiger partial charge in [-0.25, -0.2) is 0 Å². The lowest BCUT2D eigenvalue weighted by atomic mass is 10.1. The van der Waals surface area contributed by atoms with E-state index in [4.69, 9.17) is 14.2 Å². The molecular formula is C76H132O6. The Kier molecular flexibility index (Phi) is 66.7. The predicted molar refractivity (Wildman–Crippen MR) is 357 cm³/mol. The minimum Gasteiger partial charge on any atom is -0.462 e. The highest BCUT2D eigenvalue weighted by Crippen LogP contribution is 2.17. The summed E-state index contributed by atoms with van der Waals surface area (Å²) in [4.78, 5) is 38.5. The second kappa shape index (κ2) is 69.8. The molecule has 1 unspecified atom stereocenters. The van der Waals surface area contributed by atoms with Gasteiger partial charge in [0.15, 0.2) is 6.10 Å². The van der Waals surface area contributed by atoms with E-state index in [1.807, 2.05) is 0 Å². The predicted octanol–water partition coefficient (Wildman–Crippen LogP) is 24.4. The Labute approximate surface area is 508 Å². The molecule has 6 nitrogen and oxygen atoms in total. The molecule has 82 heavy (non-hydrogen) atoms. The SMILES string of the molecule is CC/C=C\C/C=C\C/C=C\C/C=C\C/C=C\C/C=C\CCCCCCCCC(=O)OCC(COC(=O)CCCCCCCCC/C=C\CCCCCCCCC)OC(=O)CCCCCCCCCCC/C=C\CCCCCCCCCC. The lowest BCUT2D eigenvalue weighted by molar-refractivity contribution is -0.167. The zero-order valence-corrected chi connectivity index (χ0v) is 54.2. The summed E-state index contributed by atoms with van der Waals surface area (Å²) in [6.45, 7) is 6.55. The largest absolute Gasteiger partial charge is 0.462 e. The van der Waals surface area contributed by atoms with E-state index in [0.717, 1.165) is 109 Å². The fraction of sp³-hybridized carbons (Fsp3) is 0.750. The average Bonchev–Trinajstić information content (AvgIpc) is 3.47. The monoisotopic (exact) mass is 1140 g/mol. The minimum atomic E-state index is -0.790. The summed E-state index contributed by atoms with van der Waals surface area (Å²) in [6, 6.07) is 0. The third kappa shape index (κ3) is 67.1. The van der Waals surface area contributed by atoms with Crippen molar-refractivity contribution in [2.24, 2.45) is 0 Å². The molecule has 0 amide bonds. The van der Waals surface area contributed by atoms with Gasteiger partial charge in [-0.15, -0.1) is 0 Å². The van der Waals surface area contributed by atoms with Crippen LogP contribution in [0.4, 0.5) is 0 Å². The van der Waals surface area contributed by atoms with Crippen LogP contribution in [-0.4, -0.2) is 37.2 Å². The molecule has 0 aromatic carbocycles. The van der Waals surface area contributed by atoms with E-state index < -0.39 is 6.10 Å². The van der Waals surface area contributed by atoms with Crippen LogP contribution in [-0.2, 0) is 28.6 Å². The molecule has 6 heteroatoms. The van der Waals surface area contributed by atoms with Crippen LogP contribution < -0.4 is 0 Å². The van der Waals surface area contributed by atoms with E-state index in [9.17, 15) is 14.4 Å². The van der Waals surface area contributed by atoms with Gasteiger partial charge in [-0.2, -0.15) is 0 Å². The number of carbonyl (C=O) groups is 3. The van der Waals surface area contributed by atoms with Gasteiger partial charge in [0.2, 0.25) is 0 Å². The molecule has 0 spiro atoms. The fourth-order valence-corrected chi connectivity index (χ4v) is 10.0. The normalized spacial score (nSPS) is 12.7. The maximum Gasteiger partial charge on any atom is 0.306 e. The number of hydrogen-bond acceptors (Lipinski definition) is 6. The van der Waals surface area contributed by atoms with Crippen molar-refractivity contribution in [3.05, 3.63) is 97.2 Å². The first-order valence-electron chi connectivity index (χ1n) is 35.2. The van der Waals surface area contributed by atoms with E-state index in [2.05, 4.69) is 118 Å². The van der Waals surface area contributed by atoms with E-state index >= 15 is 0 Å². The van der Waals surface area contributed by atoms with Crippen LogP contribution in [0.2, 0.25) is 0 Å². The Hall–Kier alpha value is -3.67. The first-order chi connectivity index (χ1) is 40.5. The summed E-state index contributed by atoms with van der Waals surface area (Å²) in [7, 11) is 0. The molecular weight excluding hydrogens is 1010 g/mol. The van der Waals surface area contributed by atoms with Crippen molar-refractivity contribution >= 4 is 17.9 Å². The van der Waals surface area contributed by atoms with Crippen molar-refractivity contribution in [1.82, 2.24) is 0 Å². The molecule has 0 aliphatic rings. The highest BCUT2D eigenvalue weighted by atomic mass is 16.6. The standard InChI is InChI=1S/C76H132O6/c1-4-7-10-13-16-19-22-25-28-31-34-36-37-38-39-41-42-45-48-51-54-57-60-63-66-69-75(78)81-72-73(71-80-74(77)68-65-62-59-56-53-50-47-44-33-30-27-24-21-18-15-12-9-6-3)82-76(79)70-67-64-61-58-55-52-49-46-43-40-35-32-29-26-23-20-17-14-11-8-5-2/h7,10,16,19,25,28,30,32-36,38-39,42,45,73H,4-6,8-9,11-15,17-18,20-24,26-27,29,31,37,40-41,43-44,46-72H2,1-3H3/b10-7-,19-16-,28-25-,33-30-,35-32-,36-34-,39-38-,45-42-. The van der Waals surface area contributed by atoms with Crippen molar-refractivity contribution in [3.63, 3.8) is 0 Å². The highest BCUT2D eigenvalue weighted by Gasteiger charge is 2.19. The van der Waals surface area contributed by atoms with Crippen molar-refractivity contribution in [2.75, 3.05) is 13.2 Å². The Morgan fingerprint density at radius 1 is 0.256 bits per heavy atom. The van der Waals surface area contributed by atoms with Crippen LogP contribution in [0.15, 0.2) is 97.2 Å². The fourth-order valence-electron chi connectivity index (χ4n) is 10.0. The van der Waals surface area contributed by atoms with Gasteiger partial charge in [-0.05, 0) is 122 Å². The van der Waals surface area contributed by atoms with Crippen LogP contribution in [0.25, 0.3) is 0 Å². The third-order valence-electron chi connectivity index (χ3n) is 15.3. The first-order valence-corrected chi connectivity index (χ1v) is 35.2. The van der Waals surface area contributed by atoms with Crippen molar-refractivity contribution in [3.8, 4) is 0 Å². The van der Waals surface area contributed by atoms with E-state index in [0.29, 0.717) is 19.3 Å². The van der Waals surface area contributed by atoms with Gasteiger partial charge in [0.05, 0.1) is 0 Å². The molecule has 0 radical (unpaired) electrons. The molecule has 0 heterocycles. The Balaban J connectivity index is 4.41. The molecule has 0 bridgehead atoms. The number of hydrogen-bond donors (Lipinski definition) is 0. The molecule has 0 saturated carbocycles. The van der Waals surface area contributed by atoms with E-state index in [1.165, 1.54) is 199 Å². The molecule has 0 rings (SSSR count). The van der Waals surface area contributed by atoms with Gasteiger partial charge in [-0.3, -0.25) is 14.4 Å². The van der Waals surface area contributed by atoms with Gasteiger partial charge >= 0.3 is 17.9 Å². The lowest BCUT2D eigenvalue weighted by Gasteiger charge is -2.18. The zero-order chi connectivity index (χ0) is 59.2. The Bertz CT molecular complexity index is 1590. The molecule has 0 N–H and O–H groups in total. The summed E-state index contributed by atoms with van der Waals surface area (Å²) in [5.41, 5.74) is 0. The second-order valence-electron chi connectivity index (χ2n) is 23.4. The average molecular weight is 1140 g/mol. The van der Waals surface area contributed by atoms with Gasteiger partial charge < -0.3 is 14.2 Å². The summed E-state index contributed by atoms with van der Waals surface area (Å²) in [6.07, 6.45) is 94.2. The van der Waals surface area contributed by atoms with Gasteiger partial charge in [0, 0.05) is 19.3 Å². The van der Waals surface area contributed by atoms with Crippen molar-refractivity contribution in [1.29, 1.82) is 0 Å². The molecule has 0 saturated heterocycles. The molecule has 0 aromatic rings. The Morgan fingerprint density at radius 2 is 0.476 bits per heavy atom. The highest BCUT2D eigenvalue weighted by molar-refractivity contribution is 5.71. The maximum absolute atomic E-state index is 13.0. The maximum atomic E-state index is 13.0.